The number of halogens is 1. The van der Waals surface area contributed by atoms with E-state index in [0.29, 0.717) is 40.4 Å². The van der Waals surface area contributed by atoms with Crippen molar-refractivity contribution >= 4 is 23.5 Å². The van der Waals surface area contributed by atoms with Crippen LogP contribution in [-0.2, 0) is 6.42 Å². The summed E-state index contributed by atoms with van der Waals surface area (Å²) >= 11 is 5.97. The number of nitrogens with one attached hydrogen (secondary N) is 1. The molecule has 0 aromatic heterocycles. The Morgan fingerprint density at radius 3 is 2.48 bits per heavy atom. The summed E-state index contributed by atoms with van der Waals surface area (Å²) < 4.78 is 5.21. The van der Waals surface area contributed by atoms with Crippen molar-refractivity contribution in [3.05, 3.63) is 87.9 Å². The summed E-state index contributed by atoms with van der Waals surface area (Å²) in [6.07, 6.45) is 0.609. The molecule has 3 rings (SSSR count). The monoisotopic (exact) mass is 434 g/mol. The van der Waals surface area contributed by atoms with Gasteiger partial charge in [-0.3, -0.25) is 4.79 Å². The second-order valence-electron chi connectivity index (χ2n) is 6.72. The molecule has 0 aliphatic heterocycles. The number of aromatic carboxylic acids is 1. The van der Waals surface area contributed by atoms with Gasteiger partial charge in [0.1, 0.15) is 5.75 Å². The molecule has 0 spiro atoms. The van der Waals surface area contributed by atoms with Gasteiger partial charge >= 0.3 is 5.97 Å². The van der Waals surface area contributed by atoms with Crippen LogP contribution in [0.2, 0.25) is 5.02 Å². The number of amides is 1. The first kappa shape index (κ1) is 21.9. The molecule has 1 amide bonds. The quantitative estimate of drug-likeness (QED) is 0.568. The van der Waals surface area contributed by atoms with Crippen LogP contribution < -0.4 is 10.1 Å². The SMILES string of the molecule is COc1ccc(Cl)cc1C(=O)NCCc1ccc(-c2ccc(C(=O)O)cc2C#N)cc1. The van der Waals surface area contributed by atoms with E-state index in [9.17, 15) is 14.9 Å². The molecule has 0 aliphatic rings. The van der Waals surface area contributed by atoms with Crippen LogP contribution in [0.3, 0.4) is 0 Å². The van der Waals surface area contributed by atoms with Gasteiger partial charge in [0, 0.05) is 11.6 Å². The fraction of sp³-hybridized carbons (Fsp3) is 0.125. The first-order chi connectivity index (χ1) is 14.9. The first-order valence-electron chi connectivity index (χ1n) is 9.41. The zero-order valence-corrected chi connectivity index (χ0v) is 17.4. The molecule has 6 nitrogen and oxygen atoms in total. The maximum atomic E-state index is 12.4. The van der Waals surface area contributed by atoms with Gasteiger partial charge in [0.2, 0.25) is 0 Å². The fourth-order valence-electron chi connectivity index (χ4n) is 3.15. The molecule has 3 aromatic rings. The van der Waals surface area contributed by atoms with E-state index in [4.69, 9.17) is 21.4 Å². The number of nitriles is 1. The van der Waals surface area contributed by atoms with Crippen LogP contribution in [-0.4, -0.2) is 30.6 Å². The van der Waals surface area contributed by atoms with Crippen molar-refractivity contribution in [1.82, 2.24) is 5.32 Å². The Balaban J connectivity index is 1.66. The molecule has 156 valence electrons. The number of benzene rings is 3. The highest BCUT2D eigenvalue weighted by Crippen LogP contribution is 2.25. The lowest BCUT2D eigenvalue weighted by atomic mass is 9.97. The highest BCUT2D eigenvalue weighted by atomic mass is 35.5. The van der Waals surface area contributed by atoms with E-state index in [1.54, 1.807) is 24.3 Å². The molecule has 0 aliphatic carbocycles. The van der Waals surface area contributed by atoms with E-state index in [1.165, 1.54) is 19.2 Å². The zero-order chi connectivity index (χ0) is 22.4. The smallest absolute Gasteiger partial charge is 0.335 e. The lowest BCUT2D eigenvalue weighted by molar-refractivity contribution is 0.0696. The number of hydrogen-bond acceptors (Lipinski definition) is 4. The summed E-state index contributed by atoms with van der Waals surface area (Å²) in [5.74, 6) is -0.891. The lowest BCUT2D eigenvalue weighted by Crippen LogP contribution is -2.26. The second-order valence-corrected chi connectivity index (χ2v) is 7.16. The molecule has 3 aromatic carbocycles. The Morgan fingerprint density at radius 2 is 1.84 bits per heavy atom. The highest BCUT2D eigenvalue weighted by Gasteiger charge is 2.13. The second kappa shape index (κ2) is 9.79. The van der Waals surface area contributed by atoms with Crippen LogP contribution in [0, 0.1) is 11.3 Å². The number of methoxy groups -OCH3 is 1. The number of rotatable bonds is 7. The lowest BCUT2D eigenvalue weighted by Gasteiger charge is -2.10. The van der Waals surface area contributed by atoms with Gasteiger partial charge in [0.05, 0.1) is 29.9 Å². The van der Waals surface area contributed by atoms with E-state index in [0.717, 1.165) is 11.1 Å². The molecule has 0 radical (unpaired) electrons. The van der Waals surface area contributed by atoms with Crippen molar-refractivity contribution in [1.29, 1.82) is 5.26 Å². The number of carbonyl (C=O) groups is 2. The molecule has 0 bridgehead atoms. The maximum absolute atomic E-state index is 12.4. The van der Waals surface area contributed by atoms with E-state index >= 15 is 0 Å². The number of carboxylic acid groups (broad SMARTS) is 1. The molecule has 0 unspecified atom stereocenters. The number of carboxylic acids is 1. The summed E-state index contributed by atoms with van der Waals surface area (Å²) in [5.41, 5.74) is 3.23. The number of ether oxygens (including phenoxy) is 1. The summed E-state index contributed by atoms with van der Waals surface area (Å²) in [5, 5.41) is 21.8. The summed E-state index contributed by atoms with van der Waals surface area (Å²) in [7, 11) is 1.49. The Bertz CT molecular complexity index is 1170. The Morgan fingerprint density at radius 1 is 1.10 bits per heavy atom. The number of hydrogen-bond donors (Lipinski definition) is 2. The molecule has 0 saturated heterocycles. The molecule has 31 heavy (non-hydrogen) atoms. The third-order valence-electron chi connectivity index (χ3n) is 4.76. The summed E-state index contributed by atoms with van der Waals surface area (Å²) in [6.45, 7) is 0.421. The van der Waals surface area contributed by atoms with Gasteiger partial charge in [0.15, 0.2) is 0 Å². The van der Waals surface area contributed by atoms with Gasteiger partial charge in [-0.05, 0) is 53.4 Å². The van der Waals surface area contributed by atoms with Gasteiger partial charge in [-0.1, -0.05) is 41.9 Å². The molecule has 0 saturated carbocycles. The molecule has 7 heteroatoms. The standard InChI is InChI=1S/C24H19ClN2O4/c1-31-22-9-7-19(25)13-21(22)23(28)27-11-10-15-2-4-16(5-3-15)20-8-6-17(24(29)30)12-18(20)14-26/h2-9,12-13H,10-11H2,1H3,(H,27,28)(H,29,30). The van der Waals surface area contributed by atoms with Crippen LogP contribution in [0.15, 0.2) is 60.7 Å². The fourth-order valence-corrected chi connectivity index (χ4v) is 3.32. The molecule has 0 atom stereocenters. The van der Waals surface area contributed by atoms with Crippen molar-refractivity contribution in [2.45, 2.75) is 6.42 Å². The van der Waals surface area contributed by atoms with Crippen molar-refractivity contribution < 1.29 is 19.4 Å². The Kier molecular flexibility index (Phi) is 6.91. The van der Waals surface area contributed by atoms with Crippen molar-refractivity contribution in [3.8, 4) is 22.9 Å². The van der Waals surface area contributed by atoms with Crippen molar-refractivity contribution in [3.63, 3.8) is 0 Å². The van der Waals surface area contributed by atoms with Crippen LogP contribution in [0.4, 0.5) is 0 Å². The summed E-state index contributed by atoms with van der Waals surface area (Å²) in [4.78, 5) is 23.5. The Hall–Kier alpha value is -3.82. The molecule has 0 fully saturated rings. The maximum Gasteiger partial charge on any atom is 0.335 e. The number of carbonyl (C=O) groups excluding carboxylic acids is 1. The molecule has 0 heterocycles. The van der Waals surface area contributed by atoms with Gasteiger partial charge in [-0.2, -0.15) is 5.26 Å². The molecular formula is C24H19ClN2O4. The van der Waals surface area contributed by atoms with Crippen molar-refractivity contribution in [2.75, 3.05) is 13.7 Å². The van der Waals surface area contributed by atoms with Gasteiger partial charge in [-0.25, -0.2) is 4.79 Å². The molecule has 2 N–H and O–H groups in total. The predicted octanol–water partition coefficient (Wildman–Crippen LogP) is 4.56. The average molecular weight is 435 g/mol. The van der Waals surface area contributed by atoms with Gasteiger partial charge < -0.3 is 15.2 Å². The first-order valence-corrected chi connectivity index (χ1v) is 9.79. The predicted molar refractivity (Wildman–Crippen MR) is 118 cm³/mol. The van der Waals surface area contributed by atoms with E-state index < -0.39 is 5.97 Å². The zero-order valence-electron chi connectivity index (χ0n) is 16.7. The molecular weight excluding hydrogens is 416 g/mol. The topological polar surface area (TPSA) is 99.4 Å². The van der Waals surface area contributed by atoms with Crippen LogP contribution in [0.1, 0.15) is 31.8 Å². The third kappa shape index (κ3) is 5.21. The Labute approximate surface area is 184 Å². The highest BCUT2D eigenvalue weighted by molar-refractivity contribution is 6.31. The largest absolute Gasteiger partial charge is 0.496 e. The van der Waals surface area contributed by atoms with E-state index in [2.05, 4.69) is 5.32 Å². The van der Waals surface area contributed by atoms with Gasteiger partial charge in [-0.15, -0.1) is 0 Å². The minimum atomic E-state index is -1.07. The van der Waals surface area contributed by atoms with Crippen LogP contribution >= 0.6 is 11.6 Å². The van der Waals surface area contributed by atoms with Crippen LogP contribution in [0.5, 0.6) is 5.75 Å². The van der Waals surface area contributed by atoms with E-state index in [-0.39, 0.29) is 11.5 Å². The summed E-state index contributed by atoms with van der Waals surface area (Å²) in [6, 6.07) is 19.0. The normalized spacial score (nSPS) is 10.2. The average Bonchev–Trinajstić information content (AvgIpc) is 2.79. The van der Waals surface area contributed by atoms with Crippen molar-refractivity contribution in [2.24, 2.45) is 0 Å². The third-order valence-corrected chi connectivity index (χ3v) is 4.99. The van der Waals surface area contributed by atoms with Gasteiger partial charge in [0.25, 0.3) is 5.91 Å². The number of nitrogens with zero attached hydrogens (tertiary/aromatic N) is 1. The van der Waals surface area contributed by atoms with E-state index in [1.807, 2.05) is 30.3 Å². The minimum absolute atomic E-state index is 0.0731. The minimum Gasteiger partial charge on any atom is -0.496 e. The van der Waals surface area contributed by atoms with Crippen LogP contribution in [0.25, 0.3) is 11.1 Å².